The van der Waals surface area contributed by atoms with E-state index in [0.717, 1.165) is 37.2 Å². The number of ether oxygens (including phenoxy) is 3. The first-order valence-electron chi connectivity index (χ1n) is 8.56. The Hall–Kier alpha value is -2.72. The van der Waals surface area contributed by atoms with Crippen molar-refractivity contribution in [1.82, 2.24) is 14.8 Å². The van der Waals surface area contributed by atoms with Crippen molar-refractivity contribution in [3.8, 4) is 23.3 Å². The van der Waals surface area contributed by atoms with Gasteiger partial charge in [-0.1, -0.05) is 6.42 Å². The van der Waals surface area contributed by atoms with E-state index in [1.807, 2.05) is 0 Å². The van der Waals surface area contributed by atoms with Crippen LogP contribution >= 0.6 is 12.4 Å². The molecule has 0 saturated heterocycles. The van der Waals surface area contributed by atoms with Crippen molar-refractivity contribution < 1.29 is 14.2 Å². The van der Waals surface area contributed by atoms with Gasteiger partial charge >= 0.3 is 0 Å². The molecule has 0 unspecified atom stereocenters. The molecule has 0 spiro atoms. The summed E-state index contributed by atoms with van der Waals surface area (Å²) in [4.78, 5) is 0. The van der Waals surface area contributed by atoms with Crippen molar-refractivity contribution in [2.24, 2.45) is 0 Å². The van der Waals surface area contributed by atoms with E-state index in [1.165, 1.54) is 6.42 Å². The molecular formula is C19H23ClN4O3. The van der Waals surface area contributed by atoms with E-state index in [2.05, 4.69) is 20.8 Å². The zero-order chi connectivity index (χ0) is 18.5. The van der Waals surface area contributed by atoms with Gasteiger partial charge in [-0.25, -0.2) is 0 Å². The van der Waals surface area contributed by atoms with Crippen LogP contribution in [0.1, 0.15) is 36.5 Å². The Balaban J connectivity index is 0.00000261. The van der Waals surface area contributed by atoms with Crippen molar-refractivity contribution in [2.75, 3.05) is 21.3 Å². The quantitative estimate of drug-likeness (QED) is 0.726. The molecule has 1 aliphatic rings. The molecule has 1 aromatic heterocycles. The summed E-state index contributed by atoms with van der Waals surface area (Å²) in [5.41, 5.74) is 1.22. The molecule has 8 heteroatoms. The van der Waals surface area contributed by atoms with Crippen LogP contribution in [0.4, 0.5) is 0 Å². The number of fused-ring (bicyclic) bond motifs is 1. The fourth-order valence-corrected chi connectivity index (χ4v) is 3.18. The van der Waals surface area contributed by atoms with Gasteiger partial charge in [-0.15, -0.1) is 22.6 Å². The number of benzene rings is 1. The molecule has 0 atom stereocenters. The smallest absolute Gasteiger partial charge is 0.203 e. The van der Waals surface area contributed by atoms with E-state index < -0.39 is 0 Å². The highest BCUT2D eigenvalue weighted by Crippen LogP contribution is 2.39. The second-order valence-corrected chi connectivity index (χ2v) is 6.03. The largest absolute Gasteiger partial charge is 0.493 e. The summed E-state index contributed by atoms with van der Waals surface area (Å²) in [5, 5.41) is 18.2. The highest BCUT2D eigenvalue weighted by molar-refractivity contribution is 5.88. The van der Waals surface area contributed by atoms with Crippen LogP contribution in [0, 0.1) is 11.3 Å². The van der Waals surface area contributed by atoms with Gasteiger partial charge in [0.05, 0.1) is 26.9 Å². The van der Waals surface area contributed by atoms with Crippen molar-refractivity contribution in [3.63, 3.8) is 0 Å². The summed E-state index contributed by atoms with van der Waals surface area (Å²) in [5.74, 6) is 3.15. The molecule has 3 rings (SSSR count). The number of hydrogen-bond donors (Lipinski definition) is 0. The third-order valence-electron chi connectivity index (χ3n) is 4.47. The highest BCUT2D eigenvalue weighted by atomic mass is 35.5. The fraction of sp³-hybridized carbons (Fsp3) is 0.421. The average molecular weight is 391 g/mol. The van der Waals surface area contributed by atoms with Gasteiger partial charge in [0.15, 0.2) is 17.3 Å². The van der Waals surface area contributed by atoms with Gasteiger partial charge < -0.3 is 18.8 Å². The van der Waals surface area contributed by atoms with Crippen LogP contribution in [0.3, 0.4) is 0 Å². The minimum atomic E-state index is 0. The maximum absolute atomic E-state index is 9.70. The highest BCUT2D eigenvalue weighted by Gasteiger charge is 2.18. The first kappa shape index (κ1) is 20.6. The monoisotopic (exact) mass is 390 g/mol. The minimum absolute atomic E-state index is 0. The minimum Gasteiger partial charge on any atom is -0.493 e. The molecule has 0 amide bonds. The number of methoxy groups -OCH3 is 3. The van der Waals surface area contributed by atoms with Gasteiger partial charge in [-0.05, 0) is 36.6 Å². The summed E-state index contributed by atoms with van der Waals surface area (Å²) in [7, 11) is 4.69. The number of aryl methyl sites for hydroxylation is 1. The van der Waals surface area contributed by atoms with Crippen LogP contribution < -0.4 is 14.2 Å². The van der Waals surface area contributed by atoms with Crippen LogP contribution in [0.25, 0.3) is 11.6 Å². The van der Waals surface area contributed by atoms with E-state index in [-0.39, 0.29) is 12.4 Å². The Morgan fingerprint density at radius 2 is 1.78 bits per heavy atom. The Bertz CT molecular complexity index is 845. The van der Waals surface area contributed by atoms with Crippen molar-refractivity contribution >= 4 is 24.1 Å². The molecule has 0 radical (unpaired) electrons. The van der Waals surface area contributed by atoms with Gasteiger partial charge in [-0.2, -0.15) is 5.26 Å². The summed E-state index contributed by atoms with van der Waals surface area (Å²) < 4.78 is 18.2. The Morgan fingerprint density at radius 3 is 2.37 bits per heavy atom. The van der Waals surface area contributed by atoms with Gasteiger partial charge in [0.25, 0.3) is 0 Å². The van der Waals surface area contributed by atoms with E-state index in [9.17, 15) is 5.26 Å². The molecule has 2 aromatic rings. The Morgan fingerprint density at radius 1 is 1.07 bits per heavy atom. The maximum Gasteiger partial charge on any atom is 0.203 e. The number of nitriles is 1. The molecular weight excluding hydrogens is 368 g/mol. The summed E-state index contributed by atoms with van der Waals surface area (Å²) >= 11 is 0. The number of nitrogens with zero attached hydrogens (tertiary/aromatic N) is 4. The lowest BCUT2D eigenvalue weighted by molar-refractivity contribution is 0.324. The molecule has 7 nitrogen and oxygen atoms in total. The van der Waals surface area contributed by atoms with Crippen molar-refractivity contribution in [2.45, 2.75) is 32.2 Å². The summed E-state index contributed by atoms with van der Waals surface area (Å²) in [6, 6.07) is 5.86. The first-order valence-corrected chi connectivity index (χ1v) is 8.56. The van der Waals surface area contributed by atoms with E-state index >= 15 is 0 Å². The van der Waals surface area contributed by atoms with Gasteiger partial charge in [0, 0.05) is 13.0 Å². The maximum atomic E-state index is 9.70. The van der Waals surface area contributed by atoms with E-state index in [0.29, 0.717) is 28.6 Å². The lowest BCUT2D eigenvalue weighted by Gasteiger charge is -2.13. The second kappa shape index (κ2) is 9.28. The lowest BCUT2D eigenvalue weighted by Crippen LogP contribution is -2.05. The van der Waals surface area contributed by atoms with Crippen LogP contribution in [-0.2, 0) is 13.0 Å². The topological polar surface area (TPSA) is 82.2 Å². The molecule has 0 aliphatic carbocycles. The fourth-order valence-electron chi connectivity index (χ4n) is 3.18. The number of hydrogen-bond acceptors (Lipinski definition) is 6. The van der Waals surface area contributed by atoms with Gasteiger partial charge in [-0.3, -0.25) is 0 Å². The number of rotatable bonds is 5. The Kier molecular flexibility index (Phi) is 7.08. The first-order chi connectivity index (χ1) is 12.7. The molecule has 1 aliphatic heterocycles. The number of allylic oxidation sites excluding steroid dienone is 1. The predicted molar refractivity (Wildman–Crippen MR) is 104 cm³/mol. The van der Waals surface area contributed by atoms with Crippen LogP contribution in [0.15, 0.2) is 12.1 Å². The number of halogens is 1. The molecule has 27 heavy (non-hydrogen) atoms. The normalized spacial score (nSPS) is 13.6. The predicted octanol–water partition coefficient (Wildman–Crippen LogP) is 3.52. The summed E-state index contributed by atoms with van der Waals surface area (Å²) in [6.45, 7) is 0.839. The SMILES string of the molecule is COc1cc(/C=C(\C#N)c2nnc3n2CCCCC3)cc(OC)c1OC.Cl. The van der Waals surface area contributed by atoms with Gasteiger partial charge in [0.2, 0.25) is 5.75 Å². The molecule has 0 bridgehead atoms. The molecule has 144 valence electrons. The van der Waals surface area contributed by atoms with Crippen molar-refractivity contribution in [3.05, 3.63) is 29.3 Å². The van der Waals surface area contributed by atoms with Crippen LogP contribution in [0.5, 0.6) is 17.2 Å². The zero-order valence-electron chi connectivity index (χ0n) is 15.7. The van der Waals surface area contributed by atoms with Crippen LogP contribution in [0.2, 0.25) is 0 Å². The molecule has 0 fully saturated rings. The van der Waals surface area contributed by atoms with Crippen molar-refractivity contribution in [1.29, 1.82) is 5.26 Å². The van der Waals surface area contributed by atoms with E-state index in [1.54, 1.807) is 39.5 Å². The Labute approximate surface area is 165 Å². The van der Waals surface area contributed by atoms with Crippen LogP contribution in [-0.4, -0.2) is 36.1 Å². The number of aromatic nitrogens is 3. The average Bonchev–Trinajstić information content (AvgIpc) is 2.92. The molecule has 1 aromatic carbocycles. The third-order valence-corrected chi connectivity index (χ3v) is 4.47. The molecule has 0 saturated carbocycles. The molecule has 2 heterocycles. The standard InChI is InChI=1S/C19H22N4O3.ClH/c1-24-15-10-13(11-16(25-2)18(15)26-3)9-14(12-20)19-22-21-17-7-5-4-6-8-23(17)19;/h9-11H,4-8H2,1-3H3;1H/b14-9+;. The summed E-state index contributed by atoms with van der Waals surface area (Å²) in [6.07, 6.45) is 6.02. The van der Waals surface area contributed by atoms with Gasteiger partial charge in [0.1, 0.15) is 11.9 Å². The van der Waals surface area contributed by atoms with E-state index in [4.69, 9.17) is 14.2 Å². The molecule has 0 N–H and O–H groups in total. The second-order valence-electron chi connectivity index (χ2n) is 6.03. The third kappa shape index (κ3) is 4.17. The zero-order valence-corrected chi connectivity index (χ0v) is 16.5. The lowest BCUT2D eigenvalue weighted by atomic mass is 10.1.